The quantitative estimate of drug-likeness (QED) is 0.865. The van der Waals surface area contributed by atoms with E-state index in [1.165, 1.54) is 16.7 Å². The van der Waals surface area contributed by atoms with Crippen LogP contribution in [0, 0.1) is 12.8 Å². The normalized spacial score (nSPS) is 19.6. The van der Waals surface area contributed by atoms with E-state index in [1.807, 2.05) is 6.92 Å². The first-order chi connectivity index (χ1) is 10.4. The highest BCUT2D eigenvalue weighted by molar-refractivity contribution is 9.10. The molecular weight excluding hydrogens is 368 g/mol. The first kappa shape index (κ1) is 15.8. The number of carbonyl (C=O) groups is 1. The average molecular weight is 387 g/mol. The van der Waals surface area contributed by atoms with Crippen LogP contribution in [0.1, 0.15) is 23.1 Å². The van der Waals surface area contributed by atoms with Crippen LogP contribution >= 0.6 is 15.9 Å². The number of aryl methyl sites for hydroxylation is 1. The molecule has 1 aromatic rings. The minimum Gasteiger partial charge on any atom is -0.338 e. The third kappa shape index (κ3) is 3.15. The Labute approximate surface area is 139 Å². The van der Waals surface area contributed by atoms with Crippen LogP contribution in [0.25, 0.3) is 0 Å². The summed E-state index contributed by atoms with van der Waals surface area (Å²) in [5.74, 6) is 0.743. The SMILES string of the molecule is Cc1ccc2c(c1Br)CN(C(=O)NCCC1CS(=O)(=O)C1)C2. The monoisotopic (exact) mass is 386 g/mol. The van der Waals surface area contributed by atoms with E-state index in [2.05, 4.69) is 33.4 Å². The van der Waals surface area contributed by atoms with Gasteiger partial charge in [-0.1, -0.05) is 28.1 Å². The van der Waals surface area contributed by atoms with Gasteiger partial charge >= 0.3 is 6.03 Å². The molecule has 0 aliphatic carbocycles. The van der Waals surface area contributed by atoms with E-state index >= 15 is 0 Å². The lowest BCUT2D eigenvalue weighted by molar-refractivity contribution is 0.198. The van der Waals surface area contributed by atoms with Gasteiger partial charge in [0.05, 0.1) is 11.5 Å². The predicted octanol–water partition coefficient (Wildman–Crippen LogP) is 2.22. The van der Waals surface area contributed by atoms with E-state index in [0.29, 0.717) is 19.6 Å². The molecule has 22 heavy (non-hydrogen) atoms. The zero-order valence-corrected chi connectivity index (χ0v) is 14.8. The summed E-state index contributed by atoms with van der Waals surface area (Å²) >= 11 is 3.59. The van der Waals surface area contributed by atoms with Crippen LogP contribution in [-0.4, -0.2) is 37.4 Å². The predicted molar refractivity (Wildman–Crippen MR) is 88.3 cm³/mol. The Balaban J connectivity index is 1.49. The van der Waals surface area contributed by atoms with E-state index in [-0.39, 0.29) is 23.5 Å². The smallest absolute Gasteiger partial charge is 0.318 e. The molecule has 0 saturated carbocycles. The summed E-state index contributed by atoms with van der Waals surface area (Å²) < 4.78 is 23.3. The Hall–Kier alpha value is -1.08. The second kappa shape index (κ2) is 5.85. The Morgan fingerprint density at radius 2 is 2.09 bits per heavy atom. The molecule has 0 unspecified atom stereocenters. The van der Waals surface area contributed by atoms with Gasteiger partial charge < -0.3 is 10.2 Å². The molecular formula is C15H19BrN2O3S. The number of nitrogens with one attached hydrogen (secondary N) is 1. The van der Waals surface area contributed by atoms with Crippen LogP contribution in [0.15, 0.2) is 16.6 Å². The maximum absolute atomic E-state index is 12.2. The Kier molecular flexibility index (Phi) is 4.20. The molecule has 1 saturated heterocycles. The number of benzene rings is 1. The first-order valence-corrected chi connectivity index (χ1v) is 9.97. The number of fused-ring (bicyclic) bond motifs is 1. The molecule has 1 aromatic carbocycles. The largest absolute Gasteiger partial charge is 0.338 e. The molecule has 2 heterocycles. The van der Waals surface area contributed by atoms with Gasteiger partial charge in [-0.3, -0.25) is 0 Å². The third-order valence-corrected chi connectivity index (χ3v) is 7.40. The van der Waals surface area contributed by atoms with Gasteiger partial charge in [0.25, 0.3) is 0 Å². The van der Waals surface area contributed by atoms with E-state index in [9.17, 15) is 13.2 Å². The van der Waals surface area contributed by atoms with Crippen molar-refractivity contribution in [3.63, 3.8) is 0 Å². The molecule has 0 spiro atoms. The van der Waals surface area contributed by atoms with Crippen molar-refractivity contribution in [1.82, 2.24) is 10.2 Å². The summed E-state index contributed by atoms with van der Waals surface area (Å²) in [6, 6.07) is 4.05. The van der Waals surface area contributed by atoms with Gasteiger partial charge in [-0.25, -0.2) is 13.2 Å². The molecule has 1 fully saturated rings. The molecule has 0 radical (unpaired) electrons. The van der Waals surface area contributed by atoms with Crippen molar-refractivity contribution in [3.05, 3.63) is 33.3 Å². The standard InChI is InChI=1S/C15H19BrN2O3S/c1-10-2-3-12-6-18(7-13(12)14(10)16)15(19)17-5-4-11-8-22(20,21)9-11/h2-3,11H,4-9H2,1H3,(H,17,19). The summed E-state index contributed by atoms with van der Waals surface area (Å²) in [4.78, 5) is 14.0. The average Bonchev–Trinajstić information content (AvgIpc) is 2.86. The molecule has 5 nitrogen and oxygen atoms in total. The van der Waals surface area contributed by atoms with Crippen LogP contribution in [0.2, 0.25) is 0 Å². The topological polar surface area (TPSA) is 66.5 Å². The molecule has 2 amide bonds. The molecule has 1 N–H and O–H groups in total. The Morgan fingerprint density at radius 3 is 2.77 bits per heavy atom. The molecule has 0 atom stereocenters. The number of urea groups is 1. The first-order valence-electron chi connectivity index (χ1n) is 7.36. The van der Waals surface area contributed by atoms with Crippen LogP contribution < -0.4 is 5.32 Å². The second-order valence-corrected chi connectivity index (χ2v) is 9.10. The van der Waals surface area contributed by atoms with Crippen LogP contribution in [0.5, 0.6) is 0 Å². The molecule has 0 aromatic heterocycles. The highest BCUT2D eigenvalue weighted by Crippen LogP contribution is 2.31. The van der Waals surface area contributed by atoms with Gasteiger partial charge in [-0.15, -0.1) is 0 Å². The van der Waals surface area contributed by atoms with Crippen LogP contribution in [-0.2, 0) is 22.9 Å². The molecule has 2 aliphatic rings. The van der Waals surface area contributed by atoms with Gasteiger partial charge in [-0.2, -0.15) is 0 Å². The maximum atomic E-state index is 12.2. The molecule has 0 bridgehead atoms. The number of amides is 2. The number of rotatable bonds is 3. The van der Waals surface area contributed by atoms with Gasteiger partial charge in [0, 0.05) is 24.1 Å². The van der Waals surface area contributed by atoms with E-state index in [4.69, 9.17) is 0 Å². The highest BCUT2D eigenvalue weighted by Gasteiger charge is 2.33. The summed E-state index contributed by atoms with van der Waals surface area (Å²) in [7, 11) is -2.77. The number of halogens is 1. The second-order valence-electron chi connectivity index (χ2n) is 6.15. The number of carbonyl (C=O) groups excluding carboxylic acids is 1. The van der Waals surface area contributed by atoms with Gasteiger partial charge in [0.2, 0.25) is 0 Å². The van der Waals surface area contributed by atoms with Gasteiger partial charge in [0.1, 0.15) is 0 Å². The van der Waals surface area contributed by atoms with Crippen molar-refractivity contribution in [2.75, 3.05) is 18.1 Å². The molecule has 2 aliphatic heterocycles. The lowest BCUT2D eigenvalue weighted by Crippen LogP contribution is -2.41. The van der Waals surface area contributed by atoms with Crippen molar-refractivity contribution < 1.29 is 13.2 Å². The van der Waals surface area contributed by atoms with E-state index in [0.717, 1.165) is 10.9 Å². The lowest BCUT2D eigenvalue weighted by atomic mass is 10.1. The zero-order chi connectivity index (χ0) is 15.9. The molecule has 120 valence electrons. The van der Waals surface area contributed by atoms with Crippen molar-refractivity contribution in [3.8, 4) is 0 Å². The Morgan fingerprint density at radius 1 is 1.36 bits per heavy atom. The fourth-order valence-corrected chi connectivity index (χ4v) is 5.21. The third-order valence-electron chi connectivity index (χ3n) is 4.34. The van der Waals surface area contributed by atoms with Gasteiger partial charge in [0.15, 0.2) is 9.84 Å². The number of hydrogen-bond acceptors (Lipinski definition) is 3. The van der Waals surface area contributed by atoms with Crippen molar-refractivity contribution in [2.24, 2.45) is 5.92 Å². The summed E-state index contributed by atoms with van der Waals surface area (Å²) in [5.41, 5.74) is 3.53. The summed E-state index contributed by atoms with van der Waals surface area (Å²) in [6.07, 6.45) is 0.731. The molecule has 3 rings (SSSR count). The number of sulfone groups is 1. The Bertz CT molecular complexity index is 706. The van der Waals surface area contributed by atoms with Crippen LogP contribution in [0.4, 0.5) is 4.79 Å². The summed E-state index contributed by atoms with van der Waals surface area (Å²) in [5, 5.41) is 2.90. The van der Waals surface area contributed by atoms with Crippen molar-refractivity contribution in [2.45, 2.75) is 26.4 Å². The fraction of sp³-hybridized carbons (Fsp3) is 0.533. The fourth-order valence-electron chi connectivity index (χ4n) is 3.02. The van der Waals surface area contributed by atoms with Gasteiger partial charge in [-0.05, 0) is 36.0 Å². The van der Waals surface area contributed by atoms with Crippen molar-refractivity contribution in [1.29, 1.82) is 0 Å². The number of nitrogens with zero attached hydrogens (tertiary/aromatic N) is 1. The lowest BCUT2D eigenvalue weighted by Gasteiger charge is -2.26. The van der Waals surface area contributed by atoms with E-state index < -0.39 is 9.84 Å². The minimum atomic E-state index is -2.77. The van der Waals surface area contributed by atoms with Crippen LogP contribution in [0.3, 0.4) is 0 Å². The number of hydrogen-bond donors (Lipinski definition) is 1. The zero-order valence-electron chi connectivity index (χ0n) is 12.4. The summed E-state index contributed by atoms with van der Waals surface area (Å²) in [6.45, 7) is 3.81. The minimum absolute atomic E-state index is 0.0806. The highest BCUT2D eigenvalue weighted by atomic mass is 79.9. The van der Waals surface area contributed by atoms with Crippen molar-refractivity contribution >= 4 is 31.8 Å². The molecule has 7 heteroatoms. The maximum Gasteiger partial charge on any atom is 0.318 e. The van der Waals surface area contributed by atoms with E-state index in [1.54, 1.807) is 4.90 Å².